The second-order valence-electron chi connectivity index (χ2n) is 9.85. The summed E-state index contributed by atoms with van der Waals surface area (Å²) >= 11 is 1.26. The van der Waals surface area contributed by atoms with Crippen LogP contribution in [0.5, 0.6) is 11.5 Å². The highest BCUT2D eigenvalue weighted by molar-refractivity contribution is 7.20. The van der Waals surface area contributed by atoms with Crippen molar-refractivity contribution in [1.29, 1.82) is 0 Å². The highest BCUT2D eigenvalue weighted by Gasteiger charge is 2.24. The van der Waals surface area contributed by atoms with Crippen molar-refractivity contribution in [3.05, 3.63) is 40.4 Å². The Kier molecular flexibility index (Phi) is 6.67. The Morgan fingerprint density at radius 1 is 1.19 bits per heavy atom. The zero-order valence-corrected chi connectivity index (χ0v) is 21.5. The van der Waals surface area contributed by atoms with Crippen LogP contribution in [0.4, 0.5) is 5.95 Å². The number of ether oxygens (including phenoxy) is 2. The number of fused-ring (bicyclic) bond motifs is 2. The maximum atomic E-state index is 12.9. The van der Waals surface area contributed by atoms with Gasteiger partial charge >= 0.3 is 0 Å². The number of benzene rings is 1. The van der Waals surface area contributed by atoms with E-state index in [1.165, 1.54) is 24.2 Å². The summed E-state index contributed by atoms with van der Waals surface area (Å²) in [6.45, 7) is 9.38. The molecule has 1 amide bonds. The molecule has 1 saturated heterocycles. The number of carbonyl (C=O) groups is 1. The zero-order chi connectivity index (χ0) is 25.3. The van der Waals surface area contributed by atoms with Crippen LogP contribution in [0.2, 0.25) is 0 Å². The largest absolute Gasteiger partial charge is 0.454 e. The molecule has 2 aliphatic heterocycles. The molecular formula is C25H30N6O4S. The van der Waals surface area contributed by atoms with E-state index in [4.69, 9.17) is 20.0 Å². The predicted molar refractivity (Wildman–Crippen MR) is 139 cm³/mol. The molecule has 4 heterocycles. The SMILES string of the molecule is CC(C)(C)NC(=O)c1cc2c(/C(=N/OCCN3CCCC3)c3ccc4c(c3)OCO4)nc(N)nc2s1. The average Bonchev–Trinajstić information content (AvgIpc) is 3.57. The minimum Gasteiger partial charge on any atom is -0.454 e. The molecule has 2 aliphatic rings. The van der Waals surface area contributed by atoms with Crippen LogP contribution in [0.1, 0.15) is 54.5 Å². The average molecular weight is 511 g/mol. The van der Waals surface area contributed by atoms with Crippen LogP contribution in [-0.2, 0) is 4.84 Å². The molecule has 3 N–H and O–H groups in total. The number of hydrogen-bond donors (Lipinski definition) is 2. The number of aromatic nitrogens is 2. The van der Waals surface area contributed by atoms with Crippen molar-refractivity contribution in [2.45, 2.75) is 39.2 Å². The third-order valence-electron chi connectivity index (χ3n) is 5.85. The molecule has 11 heteroatoms. The number of nitrogens with two attached hydrogens (primary N) is 1. The Labute approximate surface area is 213 Å². The highest BCUT2D eigenvalue weighted by Crippen LogP contribution is 2.35. The normalized spacial score (nSPS) is 16.0. The lowest BCUT2D eigenvalue weighted by atomic mass is 10.0. The number of nitrogens with one attached hydrogen (secondary N) is 1. The summed E-state index contributed by atoms with van der Waals surface area (Å²) in [4.78, 5) is 31.0. The molecule has 0 saturated carbocycles. The van der Waals surface area contributed by atoms with Crippen molar-refractivity contribution in [3.8, 4) is 11.5 Å². The van der Waals surface area contributed by atoms with Crippen LogP contribution < -0.4 is 20.5 Å². The van der Waals surface area contributed by atoms with Crippen molar-refractivity contribution in [3.63, 3.8) is 0 Å². The molecule has 0 radical (unpaired) electrons. The third kappa shape index (κ3) is 5.36. The molecule has 36 heavy (non-hydrogen) atoms. The third-order valence-corrected chi connectivity index (χ3v) is 6.87. The van der Waals surface area contributed by atoms with E-state index in [2.05, 4.69) is 25.3 Å². The van der Waals surface area contributed by atoms with Crippen molar-refractivity contribution < 1.29 is 19.1 Å². The van der Waals surface area contributed by atoms with Gasteiger partial charge in [-0.3, -0.25) is 9.69 Å². The first-order valence-electron chi connectivity index (χ1n) is 12.0. The van der Waals surface area contributed by atoms with E-state index in [-0.39, 0.29) is 24.2 Å². The second kappa shape index (κ2) is 9.90. The number of likely N-dealkylation sites (tertiary alicyclic amines) is 1. The van der Waals surface area contributed by atoms with Gasteiger partial charge in [-0.05, 0) is 71.0 Å². The summed E-state index contributed by atoms with van der Waals surface area (Å²) in [7, 11) is 0. The molecule has 10 nitrogen and oxygen atoms in total. The number of thiophene rings is 1. The van der Waals surface area contributed by atoms with Crippen LogP contribution >= 0.6 is 11.3 Å². The van der Waals surface area contributed by atoms with Gasteiger partial charge in [0.1, 0.15) is 22.8 Å². The molecule has 0 unspecified atom stereocenters. The maximum absolute atomic E-state index is 12.9. The number of nitrogens with zero attached hydrogens (tertiary/aromatic N) is 4. The van der Waals surface area contributed by atoms with Crippen molar-refractivity contribution in [2.75, 3.05) is 38.8 Å². The fraction of sp³-hybridized carbons (Fsp3) is 0.440. The number of hydrogen-bond acceptors (Lipinski definition) is 10. The van der Waals surface area contributed by atoms with E-state index in [0.717, 1.165) is 25.2 Å². The van der Waals surface area contributed by atoms with Crippen LogP contribution in [0.3, 0.4) is 0 Å². The summed E-state index contributed by atoms with van der Waals surface area (Å²) in [6, 6.07) is 7.33. The van der Waals surface area contributed by atoms with Gasteiger partial charge in [0, 0.05) is 23.0 Å². The Morgan fingerprint density at radius 2 is 1.97 bits per heavy atom. The number of rotatable bonds is 7. The smallest absolute Gasteiger partial charge is 0.261 e. The maximum Gasteiger partial charge on any atom is 0.261 e. The molecule has 3 aromatic rings. The Morgan fingerprint density at radius 3 is 2.75 bits per heavy atom. The molecule has 0 atom stereocenters. The monoisotopic (exact) mass is 510 g/mol. The minimum atomic E-state index is -0.372. The highest BCUT2D eigenvalue weighted by atomic mass is 32.1. The molecule has 190 valence electrons. The molecule has 2 aromatic heterocycles. The van der Waals surface area contributed by atoms with Gasteiger partial charge in [-0.2, -0.15) is 0 Å². The van der Waals surface area contributed by atoms with Crippen molar-refractivity contribution in [2.24, 2.45) is 5.16 Å². The number of amides is 1. The number of carbonyl (C=O) groups excluding carboxylic acids is 1. The van der Waals surface area contributed by atoms with Crippen LogP contribution in [0.25, 0.3) is 10.2 Å². The van der Waals surface area contributed by atoms with Gasteiger partial charge in [0.05, 0.1) is 4.88 Å². The van der Waals surface area contributed by atoms with E-state index in [9.17, 15) is 4.79 Å². The summed E-state index contributed by atoms with van der Waals surface area (Å²) < 4.78 is 11.0. The van der Waals surface area contributed by atoms with Crippen molar-refractivity contribution in [1.82, 2.24) is 20.2 Å². The second-order valence-corrected chi connectivity index (χ2v) is 10.9. The molecule has 1 fully saturated rings. The minimum absolute atomic E-state index is 0.0904. The Hall–Kier alpha value is -3.44. The first-order valence-corrected chi connectivity index (χ1v) is 12.8. The van der Waals surface area contributed by atoms with E-state index >= 15 is 0 Å². The summed E-state index contributed by atoms with van der Waals surface area (Å²) in [5.74, 6) is 1.19. The van der Waals surface area contributed by atoms with Gasteiger partial charge in [-0.25, -0.2) is 9.97 Å². The number of oxime groups is 1. The summed E-state index contributed by atoms with van der Waals surface area (Å²) in [6.07, 6.45) is 2.43. The quantitative estimate of drug-likeness (QED) is 0.282. The van der Waals surface area contributed by atoms with Crippen LogP contribution in [0, 0.1) is 0 Å². The van der Waals surface area contributed by atoms with E-state index in [0.29, 0.717) is 44.6 Å². The lowest BCUT2D eigenvalue weighted by Crippen LogP contribution is -2.40. The van der Waals surface area contributed by atoms with Gasteiger partial charge in [0.25, 0.3) is 5.91 Å². The zero-order valence-electron chi connectivity index (χ0n) is 20.7. The van der Waals surface area contributed by atoms with Gasteiger partial charge in [0.15, 0.2) is 11.5 Å². The molecule has 0 bridgehead atoms. The lowest BCUT2D eigenvalue weighted by molar-refractivity contribution is 0.0923. The molecule has 0 aliphatic carbocycles. The number of anilines is 1. The molecule has 5 rings (SSSR count). The lowest BCUT2D eigenvalue weighted by Gasteiger charge is -2.19. The summed E-state index contributed by atoms with van der Waals surface area (Å²) in [5.41, 5.74) is 7.42. The van der Waals surface area contributed by atoms with Gasteiger partial charge in [0.2, 0.25) is 12.7 Å². The fourth-order valence-electron chi connectivity index (χ4n) is 4.20. The van der Waals surface area contributed by atoms with Gasteiger partial charge in [-0.1, -0.05) is 5.16 Å². The summed E-state index contributed by atoms with van der Waals surface area (Å²) in [5, 5.41) is 8.17. The molecule has 0 spiro atoms. The Balaban J connectivity index is 1.53. The van der Waals surface area contributed by atoms with Crippen LogP contribution in [0.15, 0.2) is 29.4 Å². The van der Waals surface area contributed by atoms with E-state index < -0.39 is 0 Å². The standard InChI is InChI=1S/C25H30N6O4S/c1-25(2,3)29-22(32)19-13-16-21(27-24(26)28-23(16)36-19)20(30-35-11-10-31-8-4-5-9-31)15-6-7-17-18(12-15)34-14-33-17/h6-7,12-13H,4-5,8-11,14H2,1-3H3,(H,29,32)(H2,26,27,28)/b30-20+. The van der Waals surface area contributed by atoms with Gasteiger partial charge in [-0.15, -0.1) is 11.3 Å². The first-order chi connectivity index (χ1) is 17.3. The first kappa shape index (κ1) is 24.3. The molecule has 1 aromatic carbocycles. The fourth-order valence-corrected chi connectivity index (χ4v) is 5.13. The van der Waals surface area contributed by atoms with E-state index in [1.807, 2.05) is 39.0 Å². The predicted octanol–water partition coefficient (Wildman–Crippen LogP) is 3.40. The number of nitrogen functional groups attached to an aromatic ring is 1. The van der Waals surface area contributed by atoms with E-state index in [1.54, 1.807) is 6.07 Å². The van der Waals surface area contributed by atoms with Crippen LogP contribution in [-0.4, -0.2) is 65.1 Å². The molecular weight excluding hydrogens is 480 g/mol. The topological polar surface area (TPSA) is 124 Å². The van der Waals surface area contributed by atoms with Crippen molar-refractivity contribution >= 4 is 39.1 Å². The van der Waals surface area contributed by atoms with Gasteiger partial charge < -0.3 is 25.4 Å². The Bertz CT molecular complexity index is 1310.